The molecule has 0 saturated carbocycles. The number of rotatable bonds is 6. The van der Waals surface area contributed by atoms with Crippen LogP contribution in [0, 0.1) is 6.92 Å². The molecule has 2 rings (SSSR count). The van der Waals surface area contributed by atoms with Gasteiger partial charge in [-0.15, -0.1) is 0 Å². The summed E-state index contributed by atoms with van der Waals surface area (Å²) < 4.78 is 5.49. The van der Waals surface area contributed by atoms with E-state index in [2.05, 4.69) is 10.6 Å². The highest BCUT2D eigenvalue weighted by molar-refractivity contribution is 5.73. The van der Waals surface area contributed by atoms with Gasteiger partial charge in [-0.2, -0.15) is 0 Å². The number of hydrogen-bond acceptors (Lipinski definition) is 2. The monoisotopic (exact) mass is 284 g/mol. The maximum Gasteiger partial charge on any atom is 0.315 e. The lowest BCUT2D eigenvalue weighted by molar-refractivity contribution is 0.236. The Bertz CT molecular complexity index is 553. The van der Waals surface area contributed by atoms with Crippen molar-refractivity contribution in [2.45, 2.75) is 13.5 Å². The van der Waals surface area contributed by atoms with Crippen LogP contribution < -0.4 is 15.4 Å². The molecule has 4 nitrogen and oxygen atoms in total. The highest BCUT2D eigenvalue weighted by Crippen LogP contribution is 2.07. The molecule has 110 valence electrons. The molecule has 0 spiro atoms. The number of urea groups is 1. The van der Waals surface area contributed by atoms with Crippen molar-refractivity contribution in [3.63, 3.8) is 0 Å². The number of carbonyl (C=O) groups excluding carboxylic acids is 1. The van der Waals surface area contributed by atoms with Gasteiger partial charge in [-0.05, 0) is 24.6 Å². The molecule has 0 aromatic heterocycles. The van der Waals surface area contributed by atoms with Gasteiger partial charge in [-0.25, -0.2) is 4.79 Å². The summed E-state index contributed by atoms with van der Waals surface area (Å²) in [5.41, 5.74) is 2.29. The Morgan fingerprint density at radius 2 is 1.71 bits per heavy atom. The van der Waals surface area contributed by atoms with Gasteiger partial charge in [0.05, 0.1) is 6.54 Å². The third kappa shape index (κ3) is 5.57. The summed E-state index contributed by atoms with van der Waals surface area (Å²) in [5, 5.41) is 5.57. The predicted octanol–water partition coefficient (Wildman–Crippen LogP) is 2.87. The largest absolute Gasteiger partial charge is 0.492 e. The maximum atomic E-state index is 11.6. The number of amides is 2. The van der Waals surface area contributed by atoms with Crippen molar-refractivity contribution in [2.24, 2.45) is 0 Å². The van der Waals surface area contributed by atoms with Gasteiger partial charge in [0.25, 0.3) is 0 Å². The first-order valence-corrected chi connectivity index (χ1v) is 6.99. The van der Waals surface area contributed by atoms with Gasteiger partial charge >= 0.3 is 6.03 Å². The Labute approximate surface area is 125 Å². The number of ether oxygens (including phenoxy) is 1. The van der Waals surface area contributed by atoms with E-state index in [0.717, 1.165) is 11.3 Å². The summed E-state index contributed by atoms with van der Waals surface area (Å²) in [5.74, 6) is 0.805. The summed E-state index contributed by atoms with van der Waals surface area (Å²) in [6, 6.07) is 17.4. The molecule has 2 aromatic rings. The molecule has 0 heterocycles. The normalized spacial score (nSPS) is 9.95. The van der Waals surface area contributed by atoms with Crippen molar-refractivity contribution in [3.8, 4) is 5.75 Å². The third-order valence-electron chi connectivity index (χ3n) is 2.97. The fourth-order valence-electron chi connectivity index (χ4n) is 1.80. The van der Waals surface area contributed by atoms with E-state index in [9.17, 15) is 4.79 Å². The topological polar surface area (TPSA) is 50.4 Å². The van der Waals surface area contributed by atoms with Crippen LogP contribution in [-0.2, 0) is 6.54 Å². The zero-order valence-electron chi connectivity index (χ0n) is 12.1. The average molecular weight is 284 g/mol. The minimum absolute atomic E-state index is 0.188. The number of hydrogen-bond donors (Lipinski definition) is 2. The van der Waals surface area contributed by atoms with Crippen LogP contribution in [-0.4, -0.2) is 19.2 Å². The van der Waals surface area contributed by atoms with E-state index in [-0.39, 0.29) is 6.03 Å². The first kappa shape index (κ1) is 14.9. The molecule has 0 fully saturated rings. The van der Waals surface area contributed by atoms with Crippen molar-refractivity contribution in [1.29, 1.82) is 0 Å². The summed E-state index contributed by atoms with van der Waals surface area (Å²) in [6.45, 7) is 3.47. The first-order chi connectivity index (χ1) is 10.2. The fraction of sp³-hybridized carbons (Fsp3) is 0.235. The van der Waals surface area contributed by atoms with Crippen molar-refractivity contribution in [2.75, 3.05) is 13.2 Å². The summed E-state index contributed by atoms with van der Waals surface area (Å²) in [7, 11) is 0. The second-order valence-corrected chi connectivity index (χ2v) is 4.76. The van der Waals surface area contributed by atoms with Gasteiger partial charge in [-0.1, -0.05) is 48.0 Å². The van der Waals surface area contributed by atoms with Crippen LogP contribution in [0.15, 0.2) is 54.6 Å². The number of aryl methyl sites for hydroxylation is 1. The Morgan fingerprint density at radius 3 is 2.43 bits per heavy atom. The van der Waals surface area contributed by atoms with Gasteiger partial charge in [0.2, 0.25) is 0 Å². The number of para-hydroxylation sites is 1. The molecular formula is C17H20N2O2. The van der Waals surface area contributed by atoms with Crippen molar-refractivity contribution in [3.05, 3.63) is 65.7 Å². The molecule has 21 heavy (non-hydrogen) atoms. The van der Waals surface area contributed by atoms with Crippen LogP contribution in [0.4, 0.5) is 4.79 Å². The molecule has 4 heteroatoms. The standard InChI is InChI=1S/C17H20N2O2/c1-14-7-9-15(10-8-14)13-19-17(20)18-11-12-21-16-5-3-2-4-6-16/h2-10H,11-13H2,1H3,(H2,18,19,20). The molecule has 2 N–H and O–H groups in total. The Balaban J connectivity index is 1.60. The van der Waals surface area contributed by atoms with E-state index in [4.69, 9.17) is 4.74 Å². The van der Waals surface area contributed by atoms with Crippen LogP contribution in [0.3, 0.4) is 0 Å². The number of carbonyl (C=O) groups is 1. The summed E-state index contributed by atoms with van der Waals surface area (Å²) in [4.78, 5) is 11.6. The van der Waals surface area contributed by atoms with Gasteiger partial charge in [0.1, 0.15) is 12.4 Å². The van der Waals surface area contributed by atoms with Crippen molar-refractivity contribution < 1.29 is 9.53 Å². The highest BCUT2D eigenvalue weighted by Gasteiger charge is 2.00. The second kappa shape index (κ2) is 7.94. The Morgan fingerprint density at radius 1 is 1.00 bits per heavy atom. The quantitative estimate of drug-likeness (QED) is 0.801. The lowest BCUT2D eigenvalue weighted by Gasteiger charge is -2.09. The summed E-state index contributed by atoms with van der Waals surface area (Å²) >= 11 is 0. The molecule has 0 atom stereocenters. The first-order valence-electron chi connectivity index (χ1n) is 6.99. The van der Waals surface area contributed by atoms with Gasteiger partial charge in [0.15, 0.2) is 0 Å². The Kier molecular flexibility index (Phi) is 5.64. The van der Waals surface area contributed by atoms with E-state index in [0.29, 0.717) is 19.7 Å². The van der Waals surface area contributed by atoms with Crippen LogP contribution in [0.1, 0.15) is 11.1 Å². The van der Waals surface area contributed by atoms with Gasteiger partial charge < -0.3 is 15.4 Å². The molecule has 0 aliphatic heterocycles. The molecule has 2 aromatic carbocycles. The van der Waals surface area contributed by atoms with E-state index in [1.165, 1.54) is 5.56 Å². The zero-order chi connectivity index (χ0) is 14.9. The van der Waals surface area contributed by atoms with Crippen molar-refractivity contribution >= 4 is 6.03 Å². The zero-order valence-corrected chi connectivity index (χ0v) is 12.1. The molecular weight excluding hydrogens is 264 g/mol. The van der Waals surface area contributed by atoms with Crippen LogP contribution in [0.2, 0.25) is 0 Å². The molecule has 0 bridgehead atoms. The summed E-state index contributed by atoms with van der Waals surface area (Å²) in [6.07, 6.45) is 0. The molecule has 0 aliphatic rings. The molecule has 2 amide bonds. The molecule has 0 aliphatic carbocycles. The average Bonchev–Trinajstić information content (AvgIpc) is 2.52. The molecule has 0 radical (unpaired) electrons. The lowest BCUT2D eigenvalue weighted by atomic mass is 10.1. The van der Waals surface area contributed by atoms with E-state index < -0.39 is 0 Å². The predicted molar refractivity (Wildman–Crippen MR) is 83.4 cm³/mol. The third-order valence-corrected chi connectivity index (χ3v) is 2.97. The van der Waals surface area contributed by atoms with Gasteiger partial charge in [0, 0.05) is 6.54 Å². The minimum atomic E-state index is -0.188. The van der Waals surface area contributed by atoms with Crippen LogP contribution in [0.5, 0.6) is 5.75 Å². The Hall–Kier alpha value is -2.49. The van der Waals surface area contributed by atoms with E-state index >= 15 is 0 Å². The molecule has 0 unspecified atom stereocenters. The highest BCUT2D eigenvalue weighted by atomic mass is 16.5. The second-order valence-electron chi connectivity index (χ2n) is 4.76. The van der Waals surface area contributed by atoms with Crippen molar-refractivity contribution in [1.82, 2.24) is 10.6 Å². The lowest BCUT2D eigenvalue weighted by Crippen LogP contribution is -2.37. The van der Waals surface area contributed by atoms with Gasteiger partial charge in [-0.3, -0.25) is 0 Å². The van der Waals surface area contributed by atoms with Crippen LogP contribution >= 0.6 is 0 Å². The number of nitrogens with one attached hydrogen (secondary N) is 2. The smallest absolute Gasteiger partial charge is 0.315 e. The fourth-order valence-corrected chi connectivity index (χ4v) is 1.80. The van der Waals surface area contributed by atoms with E-state index in [1.807, 2.05) is 61.5 Å². The minimum Gasteiger partial charge on any atom is -0.492 e. The molecule has 0 saturated heterocycles. The SMILES string of the molecule is Cc1ccc(CNC(=O)NCCOc2ccccc2)cc1. The van der Waals surface area contributed by atoms with E-state index in [1.54, 1.807) is 0 Å². The maximum absolute atomic E-state index is 11.6. The number of benzene rings is 2. The van der Waals surface area contributed by atoms with Crippen LogP contribution in [0.25, 0.3) is 0 Å².